The van der Waals surface area contributed by atoms with Gasteiger partial charge in [0.05, 0.1) is 0 Å². The molecule has 0 spiro atoms. The average Bonchev–Trinajstić information content (AvgIpc) is 2.99. The highest BCUT2D eigenvalue weighted by molar-refractivity contribution is 4.86. The smallest absolute Gasteiger partial charge is 0.00956 e. The molecule has 0 saturated heterocycles. The summed E-state index contributed by atoms with van der Waals surface area (Å²) in [6.45, 7) is 4.68. The third-order valence-corrected chi connectivity index (χ3v) is 4.15. The Bertz CT molecular complexity index is 189. The van der Waals surface area contributed by atoms with Gasteiger partial charge in [-0.15, -0.1) is 0 Å². The molecule has 0 aliphatic heterocycles. The van der Waals surface area contributed by atoms with Crippen LogP contribution in [0.2, 0.25) is 0 Å². The Hall–Kier alpha value is -0.0800. The van der Waals surface area contributed by atoms with Crippen LogP contribution in [0.25, 0.3) is 0 Å². The predicted molar refractivity (Wildman–Crippen MR) is 65.1 cm³/mol. The maximum absolute atomic E-state index is 3.64. The van der Waals surface area contributed by atoms with Gasteiger partial charge in [0.2, 0.25) is 0 Å². The Morgan fingerprint density at radius 1 is 1.20 bits per heavy atom. The highest BCUT2D eigenvalue weighted by atomic mass is 15.1. The van der Waals surface area contributed by atoms with Crippen molar-refractivity contribution >= 4 is 0 Å². The summed E-state index contributed by atoms with van der Waals surface area (Å²) < 4.78 is 0. The molecule has 0 heterocycles. The summed E-state index contributed by atoms with van der Waals surface area (Å²) in [6.07, 6.45) is 8.59. The summed E-state index contributed by atoms with van der Waals surface area (Å²) in [5, 5.41) is 3.64. The van der Waals surface area contributed by atoms with Crippen molar-refractivity contribution in [3.63, 3.8) is 0 Å². The fraction of sp³-hybridized carbons (Fsp3) is 1.00. The zero-order valence-corrected chi connectivity index (χ0v) is 10.3. The lowest BCUT2D eigenvalue weighted by molar-refractivity contribution is 0.274. The molecule has 2 heteroatoms. The molecule has 15 heavy (non-hydrogen) atoms. The molecule has 2 saturated carbocycles. The van der Waals surface area contributed by atoms with Gasteiger partial charge in [0.25, 0.3) is 0 Å². The standard InChI is InChI=1S/C13H26N2/c1-3-14-13-6-4-5-11(13)9-10-15(2)12-7-8-12/h11-14H,3-10H2,1-2H3. The molecular weight excluding hydrogens is 184 g/mol. The maximum Gasteiger partial charge on any atom is 0.00956 e. The quantitative estimate of drug-likeness (QED) is 0.723. The van der Waals surface area contributed by atoms with Gasteiger partial charge in [-0.1, -0.05) is 13.3 Å². The van der Waals surface area contributed by atoms with E-state index >= 15 is 0 Å². The SMILES string of the molecule is CCNC1CCCC1CCN(C)C1CC1. The number of rotatable bonds is 6. The Kier molecular flexibility index (Phi) is 4.04. The van der Waals surface area contributed by atoms with Crippen LogP contribution in [0.5, 0.6) is 0 Å². The molecule has 0 aromatic carbocycles. The fourth-order valence-electron chi connectivity index (χ4n) is 2.98. The third-order valence-electron chi connectivity index (χ3n) is 4.15. The molecule has 2 fully saturated rings. The van der Waals surface area contributed by atoms with E-state index in [1.54, 1.807) is 0 Å². The second-order valence-corrected chi connectivity index (χ2v) is 5.36. The highest BCUT2D eigenvalue weighted by Crippen LogP contribution is 2.30. The van der Waals surface area contributed by atoms with Crippen molar-refractivity contribution in [2.75, 3.05) is 20.1 Å². The zero-order valence-electron chi connectivity index (χ0n) is 10.3. The van der Waals surface area contributed by atoms with E-state index in [1.165, 1.54) is 45.1 Å². The topological polar surface area (TPSA) is 15.3 Å². The van der Waals surface area contributed by atoms with E-state index in [9.17, 15) is 0 Å². The number of hydrogen-bond acceptors (Lipinski definition) is 2. The van der Waals surface area contributed by atoms with Gasteiger partial charge in [0.15, 0.2) is 0 Å². The second kappa shape index (κ2) is 5.31. The lowest BCUT2D eigenvalue weighted by Crippen LogP contribution is -2.34. The lowest BCUT2D eigenvalue weighted by Gasteiger charge is -2.23. The minimum atomic E-state index is 0.822. The van der Waals surface area contributed by atoms with E-state index in [0.29, 0.717) is 0 Å². The van der Waals surface area contributed by atoms with Crippen molar-refractivity contribution in [2.24, 2.45) is 5.92 Å². The van der Waals surface area contributed by atoms with Crippen molar-refractivity contribution in [1.82, 2.24) is 10.2 Å². The molecule has 0 bridgehead atoms. The molecule has 0 aromatic rings. The third kappa shape index (κ3) is 3.18. The molecule has 2 aliphatic carbocycles. The molecule has 2 aliphatic rings. The van der Waals surface area contributed by atoms with Crippen LogP contribution in [-0.2, 0) is 0 Å². The maximum atomic E-state index is 3.64. The van der Waals surface area contributed by atoms with Crippen LogP contribution < -0.4 is 5.32 Å². The summed E-state index contributed by atoms with van der Waals surface area (Å²) in [4.78, 5) is 2.57. The molecule has 88 valence electrons. The Morgan fingerprint density at radius 2 is 2.00 bits per heavy atom. The van der Waals surface area contributed by atoms with Crippen LogP contribution in [-0.4, -0.2) is 37.1 Å². The molecule has 1 N–H and O–H groups in total. The predicted octanol–water partition coefficient (Wildman–Crippen LogP) is 2.25. The van der Waals surface area contributed by atoms with Crippen LogP contribution in [0.15, 0.2) is 0 Å². The molecule has 0 amide bonds. The van der Waals surface area contributed by atoms with Crippen LogP contribution in [0.4, 0.5) is 0 Å². The van der Waals surface area contributed by atoms with Crippen LogP contribution in [0.1, 0.15) is 45.4 Å². The molecule has 0 radical (unpaired) electrons. The Balaban J connectivity index is 1.68. The molecular formula is C13H26N2. The summed E-state index contributed by atoms with van der Waals surface area (Å²) in [6, 6.07) is 1.76. The molecule has 2 rings (SSSR count). The van der Waals surface area contributed by atoms with Gasteiger partial charge in [0, 0.05) is 12.1 Å². The zero-order chi connectivity index (χ0) is 10.7. The fourth-order valence-corrected chi connectivity index (χ4v) is 2.98. The van der Waals surface area contributed by atoms with E-state index in [4.69, 9.17) is 0 Å². The van der Waals surface area contributed by atoms with Gasteiger partial charge in [-0.05, 0) is 58.2 Å². The van der Waals surface area contributed by atoms with Gasteiger partial charge in [0.1, 0.15) is 0 Å². The van der Waals surface area contributed by atoms with Crippen molar-refractivity contribution in [1.29, 1.82) is 0 Å². The first-order valence-electron chi connectivity index (χ1n) is 6.75. The largest absolute Gasteiger partial charge is 0.314 e. The first kappa shape index (κ1) is 11.4. The number of nitrogens with zero attached hydrogens (tertiary/aromatic N) is 1. The van der Waals surface area contributed by atoms with E-state index < -0.39 is 0 Å². The van der Waals surface area contributed by atoms with Crippen molar-refractivity contribution in [3.8, 4) is 0 Å². The van der Waals surface area contributed by atoms with Crippen LogP contribution >= 0.6 is 0 Å². The highest BCUT2D eigenvalue weighted by Gasteiger charge is 2.29. The first-order chi connectivity index (χ1) is 7.31. The first-order valence-corrected chi connectivity index (χ1v) is 6.75. The number of hydrogen-bond donors (Lipinski definition) is 1. The van der Waals surface area contributed by atoms with Crippen molar-refractivity contribution in [2.45, 2.75) is 57.5 Å². The van der Waals surface area contributed by atoms with E-state index in [2.05, 4.69) is 24.2 Å². The van der Waals surface area contributed by atoms with E-state index in [-0.39, 0.29) is 0 Å². The van der Waals surface area contributed by atoms with Crippen molar-refractivity contribution in [3.05, 3.63) is 0 Å². The van der Waals surface area contributed by atoms with Gasteiger partial charge >= 0.3 is 0 Å². The summed E-state index contributed by atoms with van der Waals surface area (Å²) in [7, 11) is 2.30. The Labute approximate surface area is 94.4 Å². The van der Waals surface area contributed by atoms with Gasteiger partial charge in [-0.2, -0.15) is 0 Å². The van der Waals surface area contributed by atoms with E-state index in [1.807, 2.05) is 0 Å². The second-order valence-electron chi connectivity index (χ2n) is 5.36. The molecule has 2 nitrogen and oxygen atoms in total. The van der Waals surface area contributed by atoms with E-state index in [0.717, 1.165) is 24.5 Å². The monoisotopic (exact) mass is 210 g/mol. The summed E-state index contributed by atoms with van der Waals surface area (Å²) in [5.41, 5.74) is 0. The molecule has 2 atom stereocenters. The van der Waals surface area contributed by atoms with Crippen LogP contribution in [0.3, 0.4) is 0 Å². The summed E-state index contributed by atoms with van der Waals surface area (Å²) in [5.74, 6) is 0.950. The molecule has 0 aromatic heterocycles. The lowest BCUT2D eigenvalue weighted by atomic mass is 9.99. The van der Waals surface area contributed by atoms with Gasteiger partial charge in [-0.3, -0.25) is 0 Å². The Morgan fingerprint density at radius 3 is 2.67 bits per heavy atom. The van der Waals surface area contributed by atoms with Gasteiger partial charge in [-0.25, -0.2) is 0 Å². The van der Waals surface area contributed by atoms with Crippen molar-refractivity contribution < 1.29 is 0 Å². The van der Waals surface area contributed by atoms with Crippen LogP contribution in [0, 0.1) is 5.92 Å². The molecule has 2 unspecified atom stereocenters. The summed E-state index contributed by atoms with van der Waals surface area (Å²) >= 11 is 0. The minimum absolute atomic E-state index is 0.822. The normalized spacial score (nSPS) is 31.4. The average molecular weight is 210 g/mol. The minimum Gasteiger partial charge on any atom is -0.314 e. The number of nitrogens with one attached hydrogen (secondary N) is 1. The van der Waals surface area contributed by atoms with Gasteiger partial charge < -0.3 is 10.2 Å².